The third-order valence-electron chi connectivity index (χ3n) is 5.78. The van der Waals surface area contributed by atoms with Crippen molar-refractivity contribution in [2.75, 3.05) is 26.7 Å². The number of carbonyl (C=O) groups is 1. The van der Waals surface area contributed by atoms with Crippen molar-refractivity contribution in [1.82, 2.24) is 10.2 Å². The number of hydrogen-bond acceptors (Lipinski definition) is 4. The molecule has 0 aromatic rings. The molecule has 2 fully saturated rings. The number of hydrogen-bond donors (Lipinski definition) is 1. The highest BCUT2D eigenvalue weighted by molar-refractivity contribution is 5.68. The summed E-state index contributed by atoms with van der Waals surface area (Å²) in [5.74, 6) is 0.700. The Morgan fingerprint density at radius 1 is 1.20 bits per heavy atom. The summed E-state index contributed by atoms with van der Waals surface area (Å²) in [6, 6.07) is 0.561. The van der Waals surface area contributed by atoms with Gasteiger partial charge in [-0.3, -0.25) is 0 Å². The largest absolute Gasteiger partial charge is 0.444 e. The Hall–Kier alpha value is -0.810. The number of amides is 1. The van der Waals surface area contributed by atoms with Crippen molar-refractivity contribution in [3.63, 3.8) is 0 Å². The van der Waals surface area contributed by atoms with E-state index in [0.29, 0.717) is 30.5 Å². The molecule has 2 atom stereocenters. The molecule has 0 aromatic carbocycles. The smallest absolute Gasteiger partial charge is 0.410 e. The molecule has 0 radical (unpaired) electrons. The highest BCUT2D eigenvalue weighted by Crippen LogP contribution is 2.41. The van der Waals surface area contributed by atoms with E-state index in [2.05, 4.69) is 26.1 Å². The van der Waals surface area contributed by atoms with Crippen LogP contribution in [0.15, 0.2) is 0 Å². The fourth-order valence-electron chi connectivity index (χ4n) is 4.36. The first kappa shape index (κ1) is 20.5. The molecule has 25 heavy (non-hydrogen) atoms. The Morgan fingerprint density at radius 2 is 1.80 bits per heavy atom. The van der Waals surface area contributed by atoms with Gasteiger partial charge in [0.2, 0.25) is 0 Å². The summed E-state index contributed by atoms with van der Waals surface area (Å²) in [5, 5.41) is 3.77. The van der Waals surface area contributed by atoms with E-state index in [-0.39, 0.29) is 11.7 Å². The molecule has 5 nitrogen and oxygen atoms in total. The van der Waals surface area contributed by atoms with Gasteiger partial charge in [-0.25, -0.2) is 4.79 Å². The van der Waals surface area contributed by atoms with Gasteiger partial charge in [0.25, 0.3) is 0 Å². The minimum absolute atomic E-state index is 0.176. The van der Waals surface area contributed by atoms with Crippen LogP contribution in [0.4, 0.5) is 4.79 Å². The lowest BCUT2D eigenvalue weighted by atomic mass is 9.90. The van der Waals surface area contributed by atoms with Gasteiger partial charge in [-0.05, 0) is 57.8 Å². The molecule has 5 heteroatoms. The number of rotatable bonds is 4. The van der Waals surface area contributed by atoms with Crippen molar-refractivity contribution >= 4 is 6.09 Å². The summed E-state index contributed by atoms with van der Waals surface area (Å²) in [6.45, 7) is 15.0. The molecular formula is C20H38N2O3. The van der Waals surface area contributed by atoms with Crippen molar-refractivity contribution in [2.45, 2.75) is 84.5 Å². The van der Waals surface area contributed by atoms with Crippen LogP contribution in [0.5, 0.6) is 0 Å². The predicted molar refractivity (Wildman–Crippen MR) is 101 cm³/mol. The Morgan fingerprint density at radius 3 is 2.24 bits per heavy atom. The lowest BCUT2D eigenvalue weighted by Gasteiger charge is -2.42. The maximum absolute atomic E-state index is 12.2. The second-order valence-corrected chi connectivity index (χ2v) is 9.89. The van der Waals surface area contributed by atoms with E-state index in [9.17, 15) is 4.79 Å². The fourth-order valence-corrected chi connectivity index (χ4v) is 4.36. The Labute approximate surface area is 153 Å². The molecule has 0 bridgehead atoms. The zero-order valence-corrected chi connectivity index (χ0v) is 17.3. The standard InChI is InChI=1S/C20H38N2O3/c1-15-12-19(5,6)13-16(15)21-14-20(24-7)8-10-22(11-9-20)17(23)25-18(2,3)4/h15-16,21H,8-14H2,1-7H3. The Kier molecular flexibility index (Phi) is 6.10. The van der Waals surface area contributed by atoms with Gasteiger partial charge in [0.05, 0.1) is 5.60 Å². The molecule has 1 saturated carbocycles. The van der Waals surface area contributed by atoms with Crippen LogP contribution in [0.1, 0.15) is 67.2 Å². The average Bonchev–Trinajstić information content (AvgIpc) is 2.76. The molecule has 2 aliphatic rings. The minimum atomic E-state index is -0.445. The zero-order valence-electron chi connectivity index (χ0n) is 17.3. The van der Waals surface area contributed by atoms with Crippen LogP contribution in [0.3, 0.4) is 0 Å². The highest BCUT2D eigenvalue weighted by Gasteiger charge is 2.40. The first-order valence-electron chi connectivity index (χ1n) is 9.72. The number of likely N-dealkylation sites (tertiary alicyclic amines) is 1. The van der Waals surface area contributed by atoms with Gasteiger partial charge in [-0.1, -0.05) is 20.8 Å². The number of ether oxygens (including phenoxy) is 2. The van der Waals surface area contributed by atoms with Gasteiger partial charge in [0, 0.05) is 32.8 Å². The third-order valence-corrected chi connectivity index (χ3v) is 5.78. The Bertz CT molecular complexity index is 462. The number of methoxy groups -OCH3 is 1. The summed E-state index contributed by atoms with van der Waals surface area (Å²) in [5.41, 5.74) is -0.192. The van der Waals surface area contributed by atoms with E-state index in [4.69, 9.17) is 9.47 Å². The van der Waals surface area contributed by atoms with E-state index < -0.39 is 5.60 Å². The normalized spacial score (nSPS) is 28.8. The summed E-state index contributed by atoms with van der Waals surface area (Å²) < 4.78 is 11.4. The molecule has 2 rings (SSSR count). The van der Waals surface area contributed by atoms with Crippen molar-refractivity contribution in [1.29, 1.82) is 0 Å². The first-order valence-corrected chi connectivity index (χ1v) is 9.72. The second-order valence-electron chi connectivity index (χ2n) is 9.89. The highest BCUT2D eigenvalue weighted by atomic mass is 16.6. The maximum Gasteiger partial charge on any atom is 0.410 e. The van der Waals surface area contributed by atoms with Crippen molar-refractivity contribution in [2.24, 2.45) is 11.3 Å². The van der Waals surface area contributed by atoms with Crippen LogP contribution in [0.2, 0.25) is 0 Å². The summed E-state index contributed by atoms with van der Waals surface area (Å²) in [7, 11) is 1.80. The van der Waals surface area contributed by atoms with Crippen LogP contribution in [-0.4, -0.2) is 55.0 Å². The Balaban J connectivity index is 1.86. The van der Waals surface area contributed by atoms with E-state index in [0.717, 1.165) is 19.4 Å². The van der Waals surface area contributed by atoms with Crippen LogP contribution in [0, 0.1) is 11.3 Å². The second kappa shape index (κ2) is 7.43. The first-order chi connectivity index (χ1) is 11.5. The lowest BCUT2D eigenvalue weighted by Crippen LogP contribution is -2.54. The van der Waals surface area contributed by atoms with E-state index in [1.807, 2.05) is 25.7 Å². The van der Waals surface area contributed by atoms with Crippen molar-refractivity contribution in [3.05, 3.63) is 0 Å². The minimum Gasteiger partial charge on any atom is -0.444 e. The molecule has 0 aromatic heterocycles. The summed E-state index contributed by atoms with van der Waals surface area (Å²) in [4.78, 5) is 14.1. The fraction of sp³-hybridized carbons (Fsp3) is 0.950. The molecule has 1 aliphatic carbocycles. The van der Waals surface area contributed by atoms with Gasteiger partial charge >= 0.3 is 6.09 Å². The molecule has 1 aliphatic heterocycles. The molecule has 1 heterocycles. The number of nitrogens with zero attached hydrogens (tertiary/aromatic N) is 1. The number of piperidine rings is 1. The van der Waals surface area contributed by atoms with Crippen LogP contribution < -0.4 is 5.32 Å². The van der Waals surface area contributed by atoms with Gasteiger partial charge in [-0.2, -0.15) is 0 Å². The maximum atomic E-state index is 12.2. The molecule has 146 valence electrons. The van der Waals surface area contributed by atoms with E-state index in [1.54, 1.807) is 7.11 Å². The quantitative estimate of drug-likeness (QED) is 0.834. The van der Waals surface area contributed by atoms with Gasteiger partial charge in [0.1, 0.15) is 5.60 Å². The molecule has 2 unspecified atom stereocenters. The van der Waals surface area contributed by atoms with E-state index >= 15 is 0 Å². The van der Waals surface area contributed by atoms with E-state index in [1.165, 1.54) is 12.8 Å². The van der Waals surface area contributed by atoms with Gasteiger partial charge in [0.15, 0.2) is 0 Å². The summed E-state index contributed by atoms with van der Waals surface area (Å²) >= 11 is 0. The molecule has 1 N–H and O–H groups in total. The average molecular weight is 355 g/mol. The number of carbonyl (C=O) groups excluding carboxylic acids is 1. The van der Waals surface area contributed by atoms with Crippen LogP contribution in [-0.2, 0) is 9.47 Å². The summed E-state index contributed by atoms with van der Waals surface area (Å²) in [6.07, 6.45) is 3.98. The van der Waals surface area contributed by atoms with Crippen LogP contribution in [0.25, 0.3) is 0 Å². The van der Waals surface area contributed by atoms with Crippen LogP contribution >= 0.6 is 0 Å². The lowest BCUT2D eigenvalue weighted by molar-refractivity contribution is -0.0604. The van der Waals surface area contributed by atoms with Gasteiger partial charge in [-0.15, -0.1) is 0 Å². The zero-order chi connectivity index (χ0) is 18.9. The third kappa shape index (κ3) is 5.58. The molecule has 1 amide bonds. The topological polar surface area (TPSA) is 50.8 Å². The predicted octanol–water partition coefficient (Wildman–Crippen LogP) is 3.82. The van der Waals surface area contributed by atoms with Gasteiger partial charge < -0.3 is 19.7 Å². The molecular weight excluding hydrogens is 316 g/mol. The molecule has 1 saturated heterocycles. The molecule has 0 spiro atoms. The van der Waals surface area contributed by atoms with Crippen molar-refractivity contribution in [3.8, 4) is 0 Å². The SMILES string of the molecule is COC1(CNC2CC(C)(C)CC2C)CCN(C(=O)OC(C)(C)C)CC1. The number of nitrogens with one attached hydrogen (secondary N) is 1. The van der Waals surface area contributed by atoms with Crippen molar-refractivity contribution < 1.29 is 14.3 Å². The monoisotopic (exact) mass is 354 g/mol.